The number of nitrogens with one attached hydrogen (secondary N) is 2. The van der Waals surface area contributed by atoms with Crippen molar-refractivity contribution in [3.8, 4) is 0 Å². The van der Waals surface area contributed by atoms with Gasteiger partial charge in [0.1, 0.15) is 0 Å². The molecule has 0 spiro atoms. The van der Waals surface area contributed by atoms with E-state index in [1.165, 1.54) is 29.5 Å². The van der Waals surface area contributed by atoms with Crippen molar-refractivity contribution in [1.82, 2.24) is 10.3 Å². The second-order valence-corrected chi connectivity index (χ2v) is 5.14. The average molecular weight is 284 g/mol. The molecule has 0 aliphatic rings. The molecule has 0 aliphatic heterocycles. The fourth-order valence-corrected chi connectivity index (χ4v) is 2.06. The van der Waals surface area contributed by atoms with Gasteiger partial charge >= 0.3 is 0 Å². The molecular formula is C17H20N2O2. The number of aromatic nitrogens is 1. The minimum Gasteiger partial charge on any atom is -0.352 e. The molecule has 1 aromatic heterocycles. The molecule has 2 N–H and O–H groups in total. The SMILES string of the molecule is Cc1ccc(CCCCNC(=O)c2ccc(=O)[nH]c2)cc1. The van der Waals surface area contributed by atoms with Gasteiger partial charge in [-0.05, 0) is 37.8 Å². The van der Waals surface area contributed by atoms with Gasteiger partial charge in [-0.15, -0.1) is 0 Å². The molecule has 0 unspecified atom stereocenters. The quantitative estimate of drug-likeness (QED) is 0.800. The number of benzene rings is 1. The van der Waals surface area contributed by atoms with Gasteiger partial charge in [-0.3, -0.25) is 9.59 Å². The number of unbranched alkanes of at least 4 members (excludes halogenated alkanes) is 1. The summed E-state index contributed by atoms with van der Waals surface area (Å²) in [4.78, 5) is 25.2. The Labute approximate surface area is 124 Å². The molecule has 0 fully saturated rings. The summed E-state index contributed by atoms with van der Waals surface area (Å²) in [5.41, 5.74) is 2.87. The van der Waals surface area contributed by atoms with Crippen LogP contribution < -0.4 is 10.9 Å². The first-order valence-electron chi connectivity index (χ1n) is 7.17. The maximum atomic E-state index is 11.8. The fraction of sp³-hybridized carbons (Fsp3) is 0.294. The number of amides is 1. The van der Waals surface area contributed by atoms with Gasteiger partial charge in [-0.2, -0.15) is 0 Å². The number of carbonyl (C=O) groups excluding carboxylic acids is 1. The molecule has 2 rings (SSSR count). The Kier molecular flexibility index (Phi) is 5.32. The third-order valence-corrected chi connectivity index (χ3v) is 3.34. The van der Waals surface area contributed by atoms with Crippen LogP contribution >= 0.6 is 0 Å². The van der Waals surface area contributed by atoms with Gasteiger partial charge in [0, 0.05) is 18.8 Å². The molecule has 1 amide bonds. The second-order valence-electron chi connectivity index (χ2n) is 5.14. The van der Waals surface area contributed by atoms with E-state index in [0.717, 1.165) is 19.3 Å². The fourth-order valence-electron chi connectivity index (χ4n) is 2.06. The Morgan fingerprint density at radius 2 is 1.86 bits per heavy atom. The van der Waals surface area contributed by atoms with Crippen LogP contribution in [0.15, 0.2) is 47.4 Å². The largest absolute Gasteiger partial charge is 0.352 e. The summed E-state index contributed by atoms with van der Waals surface area (Å²) in [6.45, 7) is 2.72. The summed E-state index contributed by atoms with van der Waals surface area (Å²) >= 11 is 0. The van der Waals surface area contributed by atoms with Crippen LogP contribution in [0.25, 0.3) is 0 Å². The zero-order chi connectivity index (χ0) is 15.1. The van der Waals surface area contributed by atoms with Gasteiger partial charge in [-0.1, -0.05) is 29.8 Å². The minimum atomic E-state index is -0.204. The standard InChI is InChI=1S/C17H20N2O2/c1-13-5-7-14(8-6-13)4-2-3-11-18-17(21)15-9-10-16(20)19-12-15/h5-10,12H,2-4,11H2,1H3,(H,18,21)(H,19,20). The van der Waals surface area contributed by atoms with Gasteiger partial charge in [-0.25, -0.2) is 0 Å². The highest BCUT2D eigenvalue weighted by Gasteiger charge is 2.03. The molecule has 4 heteroatoms. The zero-order valence-corrected chi connectivity index (χ0v) is 12.2. The monoisotopic (exact) mass is 284 g/mol. The second kappa shape index (κ2) is 7.43. The van der Waals surface area contributed by atoms with Crippen LogP contribution in [0.3, 0.4) is 0 Å². The molecule has 0 radical (unpaired) electrons. The predicted octanol–water partition coefficient (Wildman–Crippen LogP) is 2.44. The van der Waals surface area contributed by atoms with Crippen molar-refractivity contribution >= 4 is 5.91 Å². The van der Waals surface area contributed by atoms with E-state index in [-0.39, 0.29) is 11.5 Å². The van der Waals surface area contributed by atoms with Crippen LogP contribution in [0.4, 0.5) is 0 Å². The molecule has 0 aliphatic carbocycles. The van der Waals surface area contributed by atoms with Gasteiger partial charge in [0.15, 0.2) is 0 Å². The highest BCUT2D eigenvalue weighted by Crippen LogP contribution is 2.06. The lowest BCUT2D eigenvalue weighted by Crippen LogP contribution is -2.25. The van der Waals surface area contributed by atoms with Crippen molar-refractivity contribution in [2.24, 2.45) is 0 Å². The summed E-state index contributed by atoms with van der Waals surface area (Å²) in [6.07, 6.45) is 4.43. The summed E-state index contributed by atoms with van der Waals surface area (Å²) in [5.74, 6) is -0.151. The lowest BCUT2D eigenvalue weighted by atomic mass is 10.1. The van der Waals surface area contributed by atoms with Crippen LogP contribution in [0, 0.1) is 6.92 Å². The van der Waals surface area contributed by atoms with Gasteiger partial charge < -0.3 is 10.3 Å². The van der Waals surface area contributed by atoms with Crippen molar-refractivity contribution in [2.45, 2.75) is 26.2 Å². The molecule has 0 bridgehead atoms. The summed E-state index contributed by atoms with van der Waals surface area (Å²) in [5, 5.41) is 2.85. The number of pyridine rings is 1. The van der Waals surface area contributed by atoms with E-state index < -0.39 is 0 Å². The highest BCUT2D eigenvalue weighted by atomic mass is 16.1. The van der Waals surface area contributed by atoms with Crippen molar-refractivity contribution in [3.05, 3.63) is 69.6 Å². The smallest absolute Gasteiger partial charge is 0.252 e. The third kappa shape index (κ3) is 4.91. The molecular weight excluding hydrogens is 264 g/mol. The lowest BCUT2D eigenvalue weighted by molar-refractivity contribution is 0.0952. The van der Waals surface area contributed by atoms with E-state index in [1.54, 1.807) is 0 Å². The Hall–Kier alpha value is -2.36. The zero-order valence-electron chi connectivity index (χ0n) is 12.2. The Balaban J connectivity index is 1.67. The summed E-state index contributed by atoms with van der Waals surface area (Å²) in [7, 11) is 0. The van der Waals surface area contributed by atoms with E-state index in [4.69, 9.17) is 0 Å². The number of hydrogen-bond donors (Lipinski definition) is 2. The number of rotatable bonds is 6. The first kappa shape index (κ1) is 15.0. The van der Waals surface area contributed by atoms with Crippen molar-refractivity contribution in [3.63, 3.8) is 0 Å². The number of aromatic amines is 1. The third-order valence-electron chi connectivity index (χ3n) is 3.34. The van der Waals surface area contributed by atoms with Crippen molar-refractivity contribution < 1.29 is 4.79 Å². The molecule has 1 heterocycles. The van der Waals surface area contributed by atoms with Gasteiger partial charge in [0.05, 0.1) is 5.56 Å². The normalized spacial score (nSPS) is 10.3. The first-order valence-corrected chi connectivity index (χ1v) is 7.17. The molecule has 0 saturated heterocycles. The molecule has 110 valence electrons. The van der Waals surface area contributed by atoms with Crippen molar-refractivity contribution in [1.29, 1.82) is 0 Å². The maximum absolute atomic E-state index is 11.8. The number of hydrogen-bond acceptors (Lipinski definition) is 2. The van der Waals surface area contributed by atoms with Gasteiger partial charge in [0.25, 0.3) is 5.91 Å². The Morgan fingerprint density at radius 3 is 2.52 bits per heavy atom. The van der Waals surface area contributed by atoms with Crippen LogP contribution in [0.5, 0.6) is 0 Å². The highest BCUT2D eigenvalue weighted by molar-refractivity contribution is 5.93. The van der Waals surface area contributed by atoms with Crippen LogP contribution in [-0.2, 0) is 6.42 Å². The number of aryl methyl sites for hydroxylation is 2. The van der Waals surface area contributed by atoms with E-state index in [9.17, 15) is 9.59 Å². The topological polar surface area (TPSA) is 62.0 Å². The lowest BCUT2D eigenvalue weighted by Gasteiger charge is -2.05. The number of H-pyrrole nitrogens is 1. The first-order chi connectivity index (χ1) is 10.1. The van der Waals surface area contributed by atoms with Crippen LogP contribution in [-0.4, -0.2) is 17.4 Å². The Morgan fingerprint density at radius 1 is 1.10 bits per heavy atom. The molecule has 0 atom stereocenters. The molecule has 21 heavy (non-hydrogen) atoms. The van der Waals surface area contributed by atoms with E-state index in [0.29, 0.717) is 12.1 Å². The average Bonchev–Trinajstić information content (AvgIpc) is 2.49. The molecule has 2 aromatic rings. The van der Waals surface area contributed by atoms with E-state index in [2.05, 4.69) is 41.5 Å². The van der Waals surface area contributed by atoms with E-state index in [1.807, 2.05) is 0 Å². The summed E-state index contributed by atoms with van der Waals surface area (Å²) in [6, 6.07) is 11.4. The van der Waals surface area contributed by atoms with E-state index >= 15 is 0 Å². The maximum Gasteiger partial charge on any atom is 0.252 e. The van der Waals surface area contributed by atoms with Gasteiger partial charge in [0.2, 0.25) is 5.56 Å². The van der Waals surface area contributed by atoms with Crippen LogP contribution in [0.2, 0.25) is 0 Å². The van der Waals surface area contributed by atoms with Crippen LogP contribution in [0.1, 0.15) is 34.3 Å². The molecule has 1 aromatic carbocycles. The molecule has 4 nitrogen and oxygen atoms in total. The predicted molar refractivity (Wildman–Crippen MR) is 83.5 cm³/mol. The minimum absolute atomic E-state index is 0.151. The number of carbonyl (C=O) groups is 1. The summed E-state index contributed by atoms with van der Waals surface area (Å²) < 4.78 is 0. The van der Waals surface area contributed by atoms with Crippen molar-refractivity contribution in [2.75, 3.05) is 6.54 Å². The molecule has 0 saturated carbocycles. The Bertz CT molecular complexity index is 624.